The first-order valence-electron chi connectivity index (χ1n) is 17.7. The van der Waals surface area contributed by atoms with E-state index >= 15 is 0 Å². The lowest BCUT2D eigenvalue weighted by Crippen LogP contribution is -2.32. The van der Waals surface area contributed by atoms with E-state index in [1.807, 2.05) is 87.8 Å². The second kappa shape index (κ2) is 12.9. The van der Waals surface area contributed by atoms with Gasteiger partial charge < -0.3 is 14.4 Å². The van der Waals surface area contributed by atoms with E-state index in [2.05, 4.69) is 82.3 Å². The maximum absolute atomic E-state index is 12.5. The van der Waals surface area contributed by atoms with Gasteiger partial charge in [0.15, 0.2) is 21.3 Å². The van der Waals surface area contributed by atoms with Crippen LogP contribution in [0.3, 0.4) is 0 Å². The monoisotopic (exact) mass is 827 g/mol. The van der Waals surface area contributed by atoms with Crippen LogP contribution in [-0.2, 0) is 15.3 Å². The van der Waals surface area contributed by atoms with Crippen LogP contribution in [0.5, 0.6) is 0 Å². The Labute approximate surface area is 330 Å². The van der Waals surface area contributed by atoms with Crippen LogP contribution < -0.4 is 14.5 Å². The van der Waals surface area contributed by atoms with Gasteiger partial charge >= 0.3 is 5.78 Å². The molecule has 0 amide bonds. The lowest BCUT2D eigenvalue weighted by molar-refractivity contribution is -0.655. The molecule has 5 aromatic heterocycles. The molecule has 0 unspecified atom stereocenters. The zero-order valence-corrected chi connectivity index (χ0v) is 33.8. The zero-order chi connectivity index (χ0) is 39.1. The molecule has 5 heterocycles. The summed E-state index contributed by atoms with van der Waals surface area (Å²) in [5.41, 5.74) is 6.00. The summed E-state index contributed by atoms with van der Waals surface area (Å²) in [4.78, 5) is 18.9. The SMILES string of the molecule is CN(c1cccc(-[n+]2cn3c(nc(N(C)c4cccc(Br)c4)c4ccc(-n5cnc(C(C)(C)C)c5)cc43)n2)c1)c1nc2nncn2c2cc(S(C)(=O)=O)ccc12. The van der Waals surface area contributed by atoms with Crippen LogP contribution in [0, 0.1) is 0 Å². The highest BCUT2D eigenvalue weighted by Crippen LogP contribution is 2.34. The Morgan fingerprint density at radius 1 is 0.768 bits per heavy atom. The van der Waals surface area contributed by atoms with E-state index in [1.54, 1.807) is 22.6 Å². The van der Waals surface area contributed by atoms with Crippen LogP contribution in [0.25, 0.3) is 44.7 Å². The fraction of sp³-hybridized carbons (Fsp3) is 0.175. The van der Waals surface area contributed by atoms with Gasteiger partial charge in [-0.2, -0.15) is 14.4 Å². The van der Waals surface area contributed by atoms with E-state index in [9.17, 15) is 8.42 Å². The quantitative estimate of drug-likeness (QED) is 0.156. The standard InChI is InChI=1S/C40H36BrN12O2S/c1-40(2,3)35-21-50(22-42-35)28-13-15-31-33(19-28)52-24-53(47-39(52)45-37(31)48(4)26-10-7-9-25(41)17-26)29-12-8-11-27(18-29)49(5)36-32-16-14-30(56(6,54)55)20-34(32)51-23-43-46-38(51)44-36/h7-24H,1-6H3/q+1. The van der Waals surface area contributed by atoms with Crippen molar-refractivity contribution in [2.45, 2.75) is 31.1 Å². The largest absolute Gasteiger partial charge is 0.365 e. The Morgan fingerprint density at radius 2 is 1.45 bits per heavy atom. The fourth-order valence-corrected chi connectivity index (χ4v) is 7.85. The Hall–Kier alpha value is -6.26. The van der Waals surface area contributed by atoms with Crippen molar-refractivity contribution in [2.75, 3.05) is 30.2 Å². The molecule has 9 aromatic rings. The van der Waals surface area contributed by atoms with Crippen molar-refractivity contribution in [3.05, 3.63) is 120 Å². The van der Waals surface area contributed by atoms with Crippen LogP contribution in [0.4, 0.5) is 23.0 Å². The molecule has 0 radical (unpaired) electrons. The van der Waals surface area contributed by atoms with Gasteiger partial charge in [-0.3, -0.25) is 4.40 Å². The van der Waals surface area contributed by atoms with Crippen molar-refractivity contribution in [1.29, 1.82) is 0 Å². The van der Waals surface area contributed by atoms with Gasteiger partial charge in [-0.05, 0) is 65.8 Å². The minimum absolute atomic E-state index is 0.0915. The van der Waals surface area contributed by atoms with Gasteiger partial charge in [0.2, 0.25) is 0 Å². The Balaban J connectivity index is 1.18. The average Bonchev–Trinajstić information content (AvgIpc) is 3.96. The van der Waals surface area contributed by atoms with E-state index in [0.717, 1.165) is 55.0 Å². The summed E-state index contributed by atoms with van der Waals surface area (Å²) >= 11 is 3.62. The first kappa shape index (κ1) is 35.4. The molecule has 9 rings (SSSR count). The minimum Gasteiger partial charge on any atom is -0.329 e. The molecular formula is C40H36BrN12O2S+. The summed E-state index contributed by atoms with van der Waals surface area (Å²) in [7, 11) is 0.467. The summed E-state index contributed by atoms with van der Waals surface area (Å²) in [5.74, 6) is 2.21. The number of fused-ring (bicyclic) bond motifs is 6. The Morgan fingerprint density at radius 3 is 2.14 bits per heavy atom. The lowest BCUT2D eigenvalue weighted by atomic mass is 9.93. The second-order valence-corrected chi connectivity index (χ2v) is 17.7. The molecule has 0 aliphatic carbocycles. The smallest absolute Gasteiger partial charge is 0.329 e. The number of benzene rings is 4. The summed E-state index contributed by atoms with van der Waals surface area (Å²) in [6.45, 7) is 6.46. The third-order valence-corrected chi connectivity index (χ3v) is 11.5. The normalized spacial score (nSPS) is 12.3. The number of aromatic nitrogens is 10. The third-order valence-electron chi connectivity index (χ3n) is 9.92. The Bertz CT molecular complexity index is 3130. The number of hydrogen-bond acceptors (Lipinski definition) is 10. The fourth-order valence-electron chi connectivity index (χ4n) is 6.82. The number of hydrogen-bond donors (Lipinski definition) is 0. The van der Waals surface area contributed by atoms with Crippen LogP contribution in [0.1, 0.15) is 26.5 Å². The van der Waals surface area contributed by atoms with E-state index in [4.69, 9.17) is 20.1 Å². The van der Waals surface area contributed by atoms with Crippen molar-refractivity contribution in [3.8, 4) is 11.4 Å². The molecule has 16 heteroatoms. The van der Waals surface area contributed by atoms with E-state index in [0.29, 0.717) is 22.9 Å². The third kappa shape index (κ3) is 6.10. The molecule has 14 nitrogen and oxygen atoms in total. The molecule has 4 aromatic carbocycles. The van der Waals surface area contributed by atoms with Gasteiger partial charge in [0.25, 0.3) is 12.1 Å². The second-order valence-electron chi connectivity index (χ2n) is 14.8. The number of sulfone groups is 1. The topological polar surface area (TPSA) is 136 Å². The molecule has 0 spiro atoms. The molecule has 0 aliphatic heterocycles. The van der Waals surface area contributed by atoms with Gasteiger partial charge in [0.05, 0.1) is 33.5 Å². The number of imidazole rings is 1. The highest BCUT2D eigenvalue weighted by Gasteiger charge is 2.24. The molecule has 0 fully saturated rings. The molecule has 0 aliphatic rings. The van der Waals surface area contributed by atoms with Gasteiger partial charge in [0.1, 0.15) is 17.7 Å². The molecular weight excluding hydrogens is 792 g/mol. The predicted octanol–water partition coefficient (Wildman–Crippen LogP) is 6.94. The number of rotatable bonds is 7. The first-order chi connectivity index (χ1) is 26.7. The average molecular weight is 829 g/mol. The van der Waals surface area contributed by atoms with Crippen LogP contribution in [0.15, 0.2) is 119 Å². The van der Waals surface area contributed by atoms with E-state index in [-0.39, 0.29) is 10.3 Å². The molecule has 0 atom stereocenters. The first-order valence-corrected chi connectivity index (χ1v) is 20.4. The van der Waals surface area contributed by atoms with Gasteiger partial charge in [-0.25, -0.2) is 13.4 Å². The van der Waals surface area contributed by atoms with E-state index in [1.165, 1.54) is 12.6 Å². The van der Waals surface area contributed by atoms with Gasteiger partial charge in [-0.1, -0.05) is 53.5 Å². The van der Waals surface area contributed by atoms with Crippen molar-refractivity contribution in [3.63, 3.8) is 0 Å². The van der Waals surface area contributed by atoms with Crippen molar-refractivity contribution in [1.82, 2.24) is 43.6 Å². The molecule has 0 bridgehead atoms. The van der Waals surface area contributed by atoms with E-state index < -0.39 is 9.84 Å². The molecule has 280 valence electrons. The number of anilines is 4. The van der Waals surface area contributed by atoms with Crippen LogP contribution in [0.2, 0.25) is 0 Å². The van der Waals surface area contributed by atoms with Crippen molar-refractivity contribution >= 4 is 82.1 Å². The van der Waals surface area contributed by atoms with Crippen LogP contribution in [-0.4, -0.2) is 72.4 Å². The number of nitrogens with zero attached hydrogens (tertiary/aromatic N) is 12. The number of halogens is 1. The highest BCUT2D eigenvalue weighted by atomic mass is 79.9. The predicted molar refractivity (Wildman–Crippen MR) is 220 cm³/mol. The minimum atomic E-state index is -3.45. The summed E-state index contributed by atoms with van der Waals surface area (Å²) in [6, 6.07) is 27.4. The van der Waals surface area contributed by atoms with Crippen molar-refractivity contribution < 1.29 is 13.1 Å². The molecule has 0 N–H and O–H groups in total. The van der Waals surface area contributed by atoms with Gasteiger partial charge in [-0.15, -0.1) is 10.2 Å². The highest BCUT2D eigenvalue weighted by molar-refractivity contribution is 9.10. The van der Waals surface area contributed by atoms with Gasteiger partial charge in [0, 0.05) is 65.3 Å². The summed E-state index contributed by atoms with van der Waals surface area (Å²) < 4.78 is 33.4. The summed E-state index contributed by atoms with van der Waals surface area (Å²) in [5, 5.41) is 14.9. The maximum Gasteiger partial charge on any atom is 0.365 e. The van der Waals surface area contributed by atoms with Crippen molar-refractivity contribution in [2.24, 2.45) is 0 Å². The Kier molecular flexibility index (Phi) is 8.17. The molecule has 0 saturated heterocycles. The molecule has 56 heavy (non-hydrogen) atoms. The van der Waals surface area contributed by atoms with Crippen LogP contribution >= 0.6 is 15.9 Å². The zero-order valence-electron chi connectivity index (χ0n) is 31.4. The summed E-state index contributed by atoms with van der Waals surface area (Å²) in [6.07, 6.45) is 8.59. The lowest BCUT2D eigenvalue weighted by Gasteiger charge is -2.20. The maximum atomic E-state index is 12.5. The molecule has 0 saturated carbocycles.